The van der Waals surface area contributed by atoms with Crippen LogP contribution in [0, 0.1) is 5.92 Å². The fraction of sp³-hybridized carbons (Fsp3) is 0.706. The van der Waals surface area contributed by atoms with E-state index in [1.807, 2.05) is 9.80 Å². The van der Waals surface area contributed by atoms with Crippen LogP contribution in [0.2, 0.25) is 0 Å². The minimum Gasteiger partial charge on any atom is -0.354 e. The summed E-state index contributed by atoms with van der Waals surface area (Å²) in [5.74, 6) is 1.11. The molecule has 2 heterocycles. The van der Waals surface area contributed by atoms with Crippen LogP contribution in [0.5, 0.6) is 0 Å². The van der Waals surface area contributed by atoms with Gasteiger partial charge in [-0.1, -0.05) is 19.3 Å². The fourth-order valence-corrected chi connectivity index (χ4v) is 3.79. The summed E-state index contributed by atoms with van der Waals surface area (Å²) >= 11 is 0. The SMILES string of the molecule is Cn1c(N2CCN(C(=O)C3CCCCC3)CC2)cc(=O)n(C)c1=O. The number of carbonyl (C=O) groups is 1. The van der Waals surface area contributed by atoms with E-state index in [9.17, 15) is 14.4 Å². The van der Waals surface area contributed by atoms with Crippen LogP contribution in [-0.2, 0) is 18.9 Å². The van der Waals surface area contributed by atoms with Crippen molar-refractivity contribution < 1.29 is 4.79 Å². The molecule has 1 saturated heterocycles. The lowest BCUT2D eigenvalue weighted by Crippen LogP contribution is -2.52. The summed E-state index contributed by atoms with van der Waals surface area (Å²) in [7, 11) is 3.16. The van der Waals surface area contributed by atoms with Crippen LogP contribution in [0.4, 0.5) is 5.82 Å². The molecule has 1 aromatic heterocycles. The average molecular weight is 334 g/mol. The molecule has 7 heteroatoms. The predicted molar refractivity (Wildman–Crippen MR) is 92.3 cm³/mol. The first kappa shape index (κ1) is 16.8. The van der Waals surface area contributed by atoms with Crippen molar-refractivity contribution in [3.8, 4) is 0 Å². The van der Waals surface area contributed by atoms with Gasteiger partial charge in [0.15, 0.2) is 0 Å². The fourth-order valence-electron chi connectivity index (χ4n) is 3.79. The van der Waals surface area contributed by atoms with Gasteiger partial charge in [-0.05, 0) is 12.8 Å². The smallest absolute Gasteiger partial charge is 0.332 e. The number of amides is 1. The maximum absolute atomic E-state index is 12.6. The van der Waals surface area contributed by atoms with E-state index in [-0.39, 0.29) is 23.1 Å². The van der Waals surface area contributed by atoms with Crippen molar-refractivity contribution >= 4 is 11.7 Å². The Labute approximate surface area is 141 Å². The number of hydrogen-bond donors (Lipinski definition) is 0. The third-order valence-electron chi connectivity index (χ3n) is 5.37. The molecule has 0 unspecified atom stereocenters. The van der Waals surface area contributed by atoms with Gasteiger partial charge in [0, 0.05) is 52.3 Å². The van der Waals surface area contributed by atoms with Crippen molar-refractivity contribution in [1.29, 1.82) is 0 Å². The van der Waals surface area contributed by atoms with Crippen molar-refractivity contribution in [1.82, 2.24) is 14.0 Å². The number of hydrogen-bond acceptors (Lipinski definition) is 4. The van der Waals surface area contributed by atoms with Crippen molar-refractivity contribution in [2.45, 2.75) is 32.1 Å². The van der Waals surface area contributed by atoms with Crippen molar-refractivity contribution in [2.75, 3.05) is 31.1 Å². The topological polar surface area (TPSA) is 67.5 Å². The summed E-state index contributed by atoms with van der Waals surface area (Å²) in [5.41, 5.74) is -0.618. The minimum absolute atomic E-state index is 0.193. The molecule has 2 aliphatic rings. The molecule has 1 amide bonds. The van der Waals surface area contributed by atoms with Crippen LogP contribution in [-0.4, -0.2) is 46.1 Å². The Morgan fingerprint density at radius 2 is 1.58 bits per heavy atom. The van der Waals surface area contributed by atoms with Gasteiger partial charge in [0.2, 0.25) is 5.91 Å². The number of rotatable bonds is 2. The normalized spacial score (nSPS) is 19.6. The zero-order valence-corrected chi connectivity index (χ0v) is 14.5. The molecular formula is C17H26N4O3. The lowest BCUT2D eigenvalue weighted by Gasteiger charge is -2.38. The van der Waals surface area contributed by atoms with Gasteiger partial charge in [0.1, 0.15) is 5.82 Å². The van der Waals surface area contributed by atoms with E-state index in [0.29, 0.717) is 32.0 Å². The summed E-state index contributed by atoms with van der Waals surface area (Å²) < 4.78 is 2.60. The zero-order chi connectivity index (χ0) is 17.3. The molecule has 24 heavy (non-hydrogen) atoms. The Morgan fingerprint density at radius 3 is 2.21 bits per heavy atom. The van der Waals surface area contributed by atoms with E-state index < -0.39 is 0 Å². The maximum Gasteiger partial charge on any atom is 0.332 e. The monoisotopic (exact) mass is 334 g/mol. The van der Waals surface area contributed by atoms with Gasteiger partial charge in [-0.15, -0.1) is 0 Å². The summed E-state index contributed by atoms with van der Waals surface area (Å²) in [6, 6.07) is 1.50. The molecule has 1 aliphatic carbocycles. The second-order valence-electron chi connectivity index (χ2n) is 6.89. The lowest BCUT2D eigenvalue weighted by molar-refractivity contribution is -0.136. The maximum atomic E-state index is 12.6. The molecule has 0 spiro atoms. The van der Waals surface area contributed by atoms with Gasteiger partial charge >= 0.3 is 5.69 Å². The first-order valence-electron chi connectivity index (χ1n) is 8.80. The highest BCUT2D eigenvalue weighted by molar-refractivity contribution is 5.79. The van der Waals surface area contributed by atoms with Gasteiger partial charge in [0.25, 0.3) is 5.56 Å². The molecule has 0 N–H and O–H groups in total. The molecule has 132 valence electrons. The molecule has 2 fully saturated rings. The Balaban J connectivity index is 1.68. The predicted octanol–water partition coefficient (Wildman–Crippen LogP) is 0.313. The number of anilines is 1. The summed E-state index contributed by atoms with van der Waals surface area (Å²) in [5, 5.41) is 0. The molecule has 0 aromatic carbocycles. The van der Waals surface area contributed by atoms with Crippen LogP contribution in [0.25, 0.3) is 0 Å². The molecule has 0 bridgehead atoms. The Hall–Kier alpha value is -2.05. The Bertz CT molecular complexity index is 722. The molecule has 0 atom stereocenters. The van der Waals surface area contributed by atoms with Crippen molar-refractivity contribution in [3.05, 3.63) is 26.9 Å². The Kier molecular flexibility index (Phi) is 4.78. The van der Waals surface area contributed by atoms with Gasteiger partial charge < -0.3 is 9.80 Å². The van der Waals surface area contributed by atoms with Crippen LogP contribution < -0.4 is 16.1 Å². The van der Waals surface area contributed by atoms with E-state index in [1.54, 1.807) is 7.05 Å². The van der Waals surface area contributed by atoms with Crippen LogP contribution in [0.15, 0.2) is 15.7 Å². The number of aromatic nitrogens is 2. The van der Waals surface area contributed by atoms with Gasteiger partial charge in [-0.2, -0.15) is 0 Å². The number of piperazine rings is 1. The largest absolute Gasteiger partial charge is 0.354 e. The average Bonchev–Trinajstić information content (AvgIpc) is 2.63. The van der Waals surface area contributed by atoms with Crippen molar-refractivity contribution in [2.24, 2.45) is 20.0 Å². The zero-order valence-electron chi connectivity index (χ0n) is 14.5. The van der Waals surface area contributed by atoms with Gasteiger partial charge in [0.05, 0.1) is 0 Å². The highest BCUT2D eigenvalue weighted by atomic mass is 16.2. The van der Waals surface area contributed by atoms with Crippen molar-refractivity contribution in [3.63, 3.8) is 0 Å². The lowest BCUT2D eigenvalue weighted by atomic mass is 9.88. The van der Waals surface area contributed by atoms with Crippen LogP contribution in [0.1, 0.15) is 32.1 Å². The highest BCUT2D eigenvalue weighted by Gasteiger charge is 2.29. The van der Waals surface area contributed by atoms with E-state index in [4.69, 9.17) is 0 Å². The van der Waals surface area contributed by atoms with E-state index in [2.05, 4.69) is 0 Å². The molecule has 0 radical (unpaired) electrons. The van der Waals surface area contributed by atoms with Gasteiger partial charge in [-0.25, -0.2) is 4.79 Å². The quantitative estimate of drug-likeness (QED) is 0.781. The second-order valence-corrected chi connectivity index (χ2v) is 6.89. The number of carbonyl (C=O) groups excluding carboxylic acids is 1. The molecule has 7 nitrogen and oxygen atoms in total. The third kappa shape index (κ3) is 3.12. The van der Waals surface area contributed by atoms with Crippen LogP contribution >= 0.6 is 0 Å². The Morgan fingerprint density at radius 1 is 0.958 bits per heavy atom. The molecule has 1 aromatic rings. The summed E-state index contributed by atoms with van der Waals surface area (Å²) in [6.07, 6.45) is 5.59. The molecule has 1 saturated carbocycles. The van der Waals surface area contributed by atoms with E-state index in [1.165, 1.54) is 24.1 Å². The van der Waals surface area contributed by atoms with E-state index >= 15 is 0 Å². The van der Waals surface area contributed by atoms with Gasteiger partial charge in [-0.3, -0.25) is 18.7 Å². The first-order chi connectivity index (χ1) is 11.5. The number of nitrogens with zero attached hydrogens (tertiary/aromatic N) is 4. The standard InChI is InChI=1S/C17H26N4O3/c1-18-14(12-15(22)19(2)17(18)24)20-8-10-21(11-9-20)16(23)13-6-4-3-5-7-13/h12-13H,3-11H2,1-2H3. The summed E-state index contributed by atoms with van der Waals surface area (Å²) in [4.78, 5) is 40.5. The minimum atomic E-state index is -0.321. The third-order valence-corrected chi connectivity index (χ3v) is 5.37. The molecule has 1 aliphatic heterocycles. The van der Waals surface area contributed by atoms with E-state index in [0.717, 1.165) is 30.3 Å². The summed E-state index contributed by atoms with van der Waals surface area (Å²) in [6.45, 7) is 2.61. The highest BCUT2D eigenvalue weighted by Crippen LogP contribution is 2.26. The first-order valence-corrected chi connectivity index (χ1v) is 8.80. The molecule has 3 rings (SSSR count). The molecular weight excluding hydrogens is 308 g/mol. The second kappa shape index (κ2) is 6.83. The van der Waals surface area contributed by atoms with Crippen LogP contribution in [0.3, 0.4) is 0 Å².